The first-order valence-electron chi connectivity index (χ1n) is 22.1. The monoisotopic (exact) mass is 936 g/mol. The lowest BCUT2D eigenvalue weighted by atomic mass is 9.23. The summed E-state index contributed by atoms with van der Waals surface area (Å²) in [5.41, 5.74) is 10.8. The van der Waals surface area contributed by atoms with Gasteiger partial charge in [0, 0.05) is 34.5 Å². The number of para-hydroxylation sites is 2. The van der Waals surface area contributed by atoms with Crippen molar-refractivity contribution >= 4 is 60.7 Å². The van der Waals surface area contributed by atoms with Gasteiger partial charge < -0.3 is 8.66 Å². The number of pyridine rings is 2. The van der Waals surface area contributed by atoms with Crippen LogP contribution in [0.3, 0.4) is 0 Å². The normalized spacial score (nSPS) is 12.5. The molecule has 0 unspecified atom stereocenters. The fourth-order valence-corrected chi connectivity index (χ4v) is 10.1. The number of rotatable bonds is 7. The van der Waals surface area contributed by atoms with Crippen LogP contribution in [0.4, 0.5) is 13.2 Å². The molecular formula is C59H52BF3N2O3S. The van der Waals surface area contributed by atoms with Crippen LogP contribution in [0.5, 0.6) is 5.88 Å². The highest BCUT2D eigenvalue weighted by Gasteiger charge is 2.50. The van der Waals surface area contributed by atoms with E-state index < -0.39 is 27.8 Å². The SMILES string of the molecule is C.C#CC.Cc1cc(C)cc(-c2cc(OS(=O)(=O)C(F)(F)F)nc3ccccc23)c1.Cc1cc(C)cc(-c2cc3[n+](c4ccccc24)[B-](c2ccccc2)(c2ccccc2)C(c2ccccc2)=C3)c1. The smallest absolute Gasteiger partial charge is 0.402 e. The van der Waals surface area contributed by atoms with E-state index in [9.17, 15) is 21.6 Å². The molecule has 0 saturated carbocycles. The fraction of sp³-hybridized carbons (Fsp3) is 0.119. The Morgan fingerprint density at radius 3 is 1.52 bits per heavy atom. The van der Waals surface area contributed by atoms with Crippen LogP contribution >= 0.6 is 0 Å². The van der Waals surface area contributed by atoms with Gasteiger partial charge >= 0.3 is 21.9 Å². The Balaban J connectivity index is 0.000000205. The van der Waals surface area contributed by atoms with Gasteiger partial charge in [0.1, 0.15) is 0 Å². The lowest BCUT2D eigenvalue weighted by Gasteiger charge is -2.36. The minimum absolute atomic E-state index is 0. The summed E-state index contributed by atoms with van der Waals surface area (Å²) >= 11 is 0. The largest absolute Gasteiger partial charge is 0.534 e. The zero-order valence-corrected chi connectivity index (χ0v) is 39.1. The van der Waals surface area contributed by atoms with Crippen molar-refractivity contribution < 1.29 is 30.3 Å². The molecule has 2 aromatic heterocycles. The van der Waals surface area contributed by atoms with E-state index >= 15 is 0 Å². The molecule has 10 heteroatoms. The van der Waals surface area contributed by atoms with Gasteiger partial charge in [-0.05, 0) is 69.5 Å². The van der Waals surface area contributed by atoms with E-state index in [1.54, 1.807) is 31.2 Å². The zero-order valence-electron chi connectivity index (χ0n) is 38.3. The maximum Gasteiger partial charge on any atom is 0.534 e. The van der Waals surface area contributed by atoms with Gasteiger partial charge in [0.05, 0.1) is 5.52 Å². The average molecular weight is 937 g/mol. The van der Waals surface area contributed by atoms with E-state index in [4.69, 9.17) is 0 Å². The molecule has 0 spiro atoms. The van der Waals surface area contributed by atoms with Crippen molar-refractivity contribution in [1.82, 2.24) is 4.98 Å². The zero-order chi connectivity index (χ0) is 48.2. The van der Waals surface area contributed by atoms with E-state index in [1.807, 2.05) is 32.0 Å². The van der Waals surface area contributed by atoms with Crippen molar-refractivity contribution in [3.63, 3.8) is 0 Å². The molecule has 0 aliphatic carbocycles. The number of hydrogen-bond donors (Lipinski definition) is 0. The minimum atomic E-state index is -5.80. The second-order valence-corrected chi connectivity index (χ2v) is 18.6. The Morgan fingerprint density at radius 1 is 0.580 bits per heavy atom. The van der Waals surface area contributed by atoms with Crippen LogP contribution in [0.1, 0.15) is 47.9 Å². The van der Waals surface area contributed by atoms with E-state index in [0.29, 0.717) is 16.5 Å². The van der Waals surface area contributed by atoms with Crippen molar-refractivity contribution in [2.75, 3.05) is 0 Å². The molecule has 0 atom stereocenters. The van der Waals surface area contributed by atoms with Crippen molar-refractivity contribution in [2.24, 2.45) is 0 Å². The van der Waals surface area contributed by atoms with Crippen LogP contribution in [0, 0.1) is 40.0 Å². The lowest BCUT2D eigenvalue weighted by molar-refractivity contribution is -0.508. The van der Waals surface area contributed by atoms with Crippen LogP contribution in [0.2, 0.25) is 0 Å². The van der Waals surface area contributed by atoms with Crippen LogP contribution in [-0.2, 0) is 10.1 Å². The molecule has 10 rings (SSSR count). The summed E-state index contributed by atoms with van der Waals surface area (Å²) in [4.78, 5) is 3.90. The van der Waals surface area contributed by atoms with Gasteiger partial charge in [-0.1, -0.05) is 193 Å². The molecule has 0 saturated heterocycles. The Labute approximate surface area is 403 Å². The Kier molecular flexibility index (Phi) is 14.4. The number of aromatic nitrogens is 2. The van der Waals surface area contributed by atoms with E-state index in [0.717, 1.165) is 16.7 Å². The molecule has 7 aromatic carbocycles. The minimum Gasteiger partial charge on any atom is -0.402 e. The molecule has 3 heterocycles. The maximum absolute atomic E-state index is 12.6. The fourth-order valence-electron chi connectivity index (χ4n) is 9.67. The Morgan fingerprint density at radius 2 is 1.01 bits per heavy atom. The molecule has 0 radical (unpaired) electrons. The van der Waals surface area contributed by atoms with Gasteiger partial charge in [0.25, 0.3) is 0 Å². The lowest BCUT2D eigenvalue weighted by Crippen LogP contribution is -2.78. The third-order valence-corrected chi connectivity index (χ3v) is 13.0. The number of aryl methyl sites for hydroxylation is 4. The third-order valence-electron chi connectivity index (χ3n) is 12.1. The quantitative estimate of drug-likeness (QED) is 0.0691. The number of terminal acetylenes is 1. The predicted molar refractivity (Wildman–Crippen MR) is 280 cm³/mol. The van der Waals surface area contributed by atoms with Crippen molar-refractivity contribution in [3.8, 4) is 40.5 Å². The maximum atomic E-state index is 12.6. The number of hydrogen-bond acceptors (Lipinski definition) is 4. The van der Waals surface area contributed by atoms with Crippen molar-refractivity contribution in [3.05, 3.63) is 222 Å². The summed E-state index contributed by atoms with van der Waals surface area (Å²) in [6.45, 7) is 9.82. The van der Waals surface area contributed by atoms with Crippen LogP contribution in [0.25, 0.3) is 55.6 Å². The van der Waals surface area contributed by atoms with Gasteiger partial charge in [-0.3, -0.25) is 0 Å². The molecule has 9 aromatic rings. The molecule has 0 fully saturated rings. The molecule has 346 valence electrons. The first kappa shape index (κ1) is 49.2. The van der Waals surface area contributed by atoms with Crippen LogP contribution in [0.15, 0.2) is 188 Å². The van der Waals surface area contributed by atoms with Gasteiger partial charge in [0.2, 0.25) is 5.88 Å². The van der Waals surface area contributed by atoms with E-state index in [2.05, 4.69) is 185 Å². The number of nitrogens with zero attached hydrogens (tertiary/aromatic N) is 2. The van der Waals surface area contributed by atoms with Crippen molar-refractivity contribution in [2.45, 2.75) is 47.6 Å². The summed E-state index contributed by atoms with van der Waals surface area (Å²) in [6.07, 6.45) is 5.53. The first-order chi connectivity index (χ1) is 32.6. The van der Waals surface area contributed by atoms with Gasteiger partial charge in [-0.25, -0.2) is 4.98 Å². The summed E-state index contributed by atoms with van der Waals surface area (Å²) in [7, 11) is -5.80. The molecule has 69 heavy (non-hydrogen) atoms. The highest BCUT2D eigenvalue weighted by Crippen LogP contribution is 2.38. The van der Waals surface area contributed by atoms with Crippen LogP contribution < -0.4 is 19.6 Å². The highest BCUT2D eigenvalue weighted by atomic mass is 32.2. The Bertz CT molecular complexity index is 3420. The second-order valence-electron chi connectivity index (χ2n) is 17.0. The summed E-state index contributed by atoms with van der Waals surface area (Å²) in [5, 5.41) is 1.95. The molecule has 0 N–H and O–H groups in total. The molecular weight excluding hydrogens is 885 g/mol. The Hall–Kier alpha value is -7.74. The topological polar surface area (TPSA) is 60.1 Å². The predicted octanol–water partition coefficient (Wildman–Crippen LogP) is 13.1. The third kappa shape index (κ3) is 9.83. The van der Waals surface area contributed by atoms with Crippen LogP contribution in [-0.4, -0.2) is 25.2 Å². The average Bonchev–Trinajstić information content (AvgIpc) is 3.68. The van der Waals surface area contributed by atoms with Crippen molar-refractivity contribution in [1.29, 1.82) is 0 Å². The van der Waals surface area contributed by atoms with Gasteiger partial charge in [0.15, 0.2) is 11.2 Å². The second kappa shape index (κ2) is 20.2. The molecule has 1 aliphatic heterocycles. The first-order valence-corrected chi connectivity index (χ1v) is 23.5. The summed E-state index contributed by atoms with van der Waals surface area (Å²) in [6, 6.07) is 64.9. The highest BCUT2D eigenvalue weighted by molar-refractivity contribution is 7.88. The molecule has 0 amide bonds. The summed E-state index contributed by atoms with van der Waals surface area (Å²) in [5.74, 6) is 1.62. The number of fused-ring (bicyclic) bond motifs is 4. The molecule has 0 bridgehead atoms. The summed E-state index contributed by atoms with van der Waals surface area (Å²) < 4.78 is 67.4. The molecule has 1 aliphatic rings. The van der Waals surface area contributed by atoms with Gasteiger partial charge in [-0.2, -0.15) is 21.6 Å². The molecule has 5 nitrogen and oxygen atoms in total. The standard InChI is InChI=1S/C37H30BN.C18H14F3NO3S.C3H4.CH4/c1-27-22-28(2)24-30(23-27)35-25-33-26-36(29-14-6-3-7-15-29)38(31-16-8-4-9-17-31,32-18-10-5-11-19-32)39(33)37-21-13-12-20-34(35)37;1-11-7-12(2)9-13(8-11)15-10-17(25-26(23,24)18(19,20)21)22-16-6-4-3-5-14(15)16;1-3-2;/h3-26H,1-2H3;3-10H,1-2H3;1H,2H3;1H4. The van der Waals surface area contributed by atoms with E-state index in [-0.39, 0.29) is 7.43 Å². The van der Waals surface area contributed by atoms with E-state index in [1.165, 1.54) is 66.9 Å². The number of halogens is 3. The number of alkyl halides is 3. The van der Waals surface area contributed by atoms with Gasteiger partial charge in [-0.15, -0.1) is 28.7 Å². The number of benzene rings is 7.